The molecule has 0 amide bonds. The predicted octanol–water partition coefficient (Wildman–Crippen LogP) is -1.56. The van der Waals surface area contributed by atoms with Gasteiger partial charge in [0, 0.05) is 0 Å². The van der Waals surface area contributed by atoms with Gasteiger partial charge < -0.3 is 0 Å². The average Bonchev–Trinajstić information content (AvgIpc) is 1.21. The fraction of sp³-hybridized carbons (Fsp3) is 0. The van der Waals surface area contributed by atoms with E-state index in [1.54, 1.807) is 0 Å². The Morgan fingerprint density at radius 2 is 1.88 bits per heavy atom. The maximum Gasteiger partial charge on any atom is 0.437 e. The van der Waals surface area contributed by atoms with Crippen molar-refractivity contribution in [3.63, 3.8) is 0 Å². The topological polar surface area (TPSA) is 109 Å². The lowest BCUT2D eigenvalue weighted by atomic mass is 12.7. The standard InChI is InChI=1S/HN2O5S/c3-2(4)1-8(5,6)7/h1H. The second-order valence-corrected chi connectivity index (χ2v) is 1.89. The van der Waals surface area contributed by atoms with E-state index in [9.17, 15) is 13.0 Å². The van der Waals surface area contributed by atoms with Crippen molar-refractivity contribution in [1.82, 2.24) is 4.83 Å². The zero-order chi connectivity index (χ0) is 6.78. The second-order valence-electron chi connectivity index (χ2n) is 0.803. The van der Waals surface area contributed by atoms with Crippen LogP contribution in [0.3, 0.4) is 0 Å². The van der Waals surface area contributed by atoms with Crippen molar-refractivity contribution in [1.29, 1.82) is 0 Å². The third-order valence-corrected chi connectivity index (χ3v) is 0.559. The quantitative estimate of drug-likeness (QED) is 0.370. The molecule has 0 aromatic heterocycles. The van der Waals surface area contributed by atoms with Gasteiger partial charge in [-0.05, 0) is 4.83 Å². The summed E-state index contributed by atoms with van der Waals surface area (Å²) in [7, 11) is -4.92. The van der Waals surface area contributed by atoms with Gasteiger partial charge in [-0.3, -0.25) is 0 Å². The van der Waals surface area contributed by atoms with Gasteiger partial charge in [0.25, 0.3) is 0 Å². The Morgan fingerprint density at radius 1 is 1.50 bits per heavy atom. The fourth-order valence-electron chi connectivity index (χ4n) is 0.0913. The summed E-state index contributed by atoms with van der Waals surface area (Å²) in [6.07, 6.45) is 0. The third-order valence-electron chi connectivity index (χ3n) is 0.186. The number of hydrogen-bond donors (Lipinski definition) is 1. The first-order valence-electron chi connectivity index (χ1n) is 1.29. The molecule has 8 heavy (non-hydrogen) atoms. The van der Waals surface area contributed by atoms with Crippen LogP contribution in [0, 0.1) is 10.1 Å². The van der Waals surface area contributed by atoms with Gasteiger partial charge in [0.05, 0.1) is 0 Å². The summed E-state index contributed by atoms with van der Waals surface area (Å²) in [6.45, 7) is 0. The second kappa shape index (κ2) is 1.92. The lowest BCUT2D eigenvalue weighted by Crippen LogP contribution is -2.27. The van der Waals surface area contributed by atoms with Crippen LogP contribution in [0.25, 0.3) is 0 Å². The normalized spacial score (nSPS) is 10.6. The smallest absolute Gasteiger partial charge is 0.234 e. The van der Waals surface area contributed by atoms with Gasteiger partial charge in [0.1, 0.15) is 0 Å². The molecule has 0 aliphatic carbocycles. The zero-order valence-electron chi connectivity index (χ0n) is 3.40. The number of nitrogens with one attached hydrogen (secondary N) is 1. The Bertz CT molecular complexity index is 177. The van der Waals surface area contributed by atoms with E-state index in [1.807, 2.05) is 0 Å². The Morgan fingerprint density at radius 3 is 1.88 bits per heavy atom. The van der Waals surface area contributed by atoms with Crippen LogP contribution in [-0.2, 0) is 14.9 Å². The van der Waals surface area contributed by atoms with Crippen LogP contribution in [0.4, 0.5) is 0 Å². The van der Waals surface area contributed by atoms with Crippen LogP contribution in [0.5, 0.6) is 0 Å². The molecular weight excluding hydrogens is 140 g/mol. The molecule has 1 N–H and O–H groups in total. The summed E-state index contributed by atoms with van der Waals surface area (Å²) in [5, 5.41) is 7.69. The van der Waals surface area contributed by atoms with Gasteiger partial charge in [0.2, 0.25) is 0 Å². The molecule has 0 aromatic carbocycles. The molecule has 7 nitrogen and oxygen atoms in total. The summed E-state index contributed by atoms with van der Waals surface area (Å²) < 4.78 is 28.0. The van der Waals surface area contributed by atoms with Gasteiger partial charge in [-0.2, -0.15) is 8.42 Å². The van der Waals surface area contributed by atoms with E-state index in [1.165, 1.54) is 0 Å². The van der Waals surface area contributed by atoms with E-state index >= 15 is 0 Å². The van der Waals surface area contributed by atoms with Crippen molar-refractivity contribution >= 4 is 10.3 Å². The van der Waals surface area contributed by atoms with Crippen molar-refractivity contribution < 1.29 is 18.0 Å². The maximum atomic E-state index is 9.33. The monoisotopic (exact) mass is 141 g/mol. The first kappa shape index (κ1) is 7.11. The average molecular weight is 141 g/mol. The summed E-state index contributed by atoms with van der Waals surface area (Å²) in [6, 6.07) is 0. The summed E-state index contributed by atoms with van der Waals surface area (Å²) in [5.41, 5.74) is 0. The number of nitrogens with zero attached hydrogens (tertiary/aromatic N) is 1. The van der Waals surface area contributed by atoms with E-state index in [2.05, 4.69) is 0 Å². The van der Waals surface area contributed by atoms with E-state index in [-0.39, 0.29) is 0 Å². The van der Waals surface area contributed by atoms with Gasteiger partial charge in [-0.1, -0.05) is 4.55 Å². The molecule has 0 rings (SSSR count). The molecule has 0 aliphatic rings. The molecule has 0 aromatic rings. The molecule has 0 aliphatic heterocycles. The SMILES string of the molecule is [O]S(=O)(=O)N[N+](=O)[O-]. The summed E-state index contributed by atoms with van der Waals surface area (Å²) >= 11 is 0. The molecule has 0 heterocycles. The molecule has 8 heteroatoms. The molecule has 0 bridgehead atoms. The number of hydrogen-bond acceptors (Lipinski definition) is 4. The predicted molar refractivity (Wildman–Crippen MR) is 19.7 cm³/mol. The van der Waals surface area contributed by atoms with E-state index in [4.69, 9.17) is 10.1 Å². The molecule has 0 saturated heterocycles. The zero-order valence-corrected chi connectivity index (χ0v) is 4.21. The highest BCUT2D eigenvalue weighted by atomic mass is 32.2. The molecule has 0 atom stereocenters. The van der Waals surface area contributed by atoms with Gasteiger partial charge >= 0.3 is 10.3 Å². The highest BCUT2D eigenvalue weighted by Crippen LogP contribution is 1.70. The van der Waals surface area contributed by atoms with Crippen molar-refractivity contribution in [3.05, 3.63) is 10.1 Å². The van der Waals surface area contributed by atoms with E-state index < -0.39 is 15.3 Å². The van der Waals surface area contributed by atoms with Crippen molar-refractivity contribution in [2.45, 2.75) is 0 Å². The maximum absolute atomic E-state index is 9.33. The fourth-order valence-corrected chi connectivity index (χ4v) is 0.274. The van der Waals surface area contributed by atoms with Crippen LogP contribution in [0.2, 0.25) is 0 Å². The van der Waals surface area contributed by atoms with Crippen LogP contribution in [0.15, 0.2) is 0 Å². The van der Waals surface area contributed by atoms with Crippen LogP contribution < -0.4 is 4.83 Å². The molecule has 1 radical (unpaired) electrons. The largest absolute Gasteiger partial charge is 0.437 e. The molecule has 0 spiro atoms. The van der Waals surface area contributed by atoms with Crippen molar-refractivity contribution in [2.24, 2.45) is 0 Å². The lowest BCUT2D eigenvalue weighted by molar-refractivity contribution is -0.520. The molecule has 47 valence electrons. The lowest BCUT2D eigenvalue weighted by Gasteiger charge is -1.83. The van der Waals surface area contributed by atoms with Crippen LogP contribution in [-0.4, -0.2) is 13.5 Å². The van der Waals surface area contributed by atoms with Crippen molar-refractivity contribution in [2.75, 3.05) is 0 Å². The molecule has 0 saturated carbocycles. The first-order chi connectivity index (χ1) is 3.42. The Balaban J connectivity index is 3.95. The minimum Gasteiger partial charge on any atom is -0.234 e. The number of rotatable bonds is 2. The minimum absolute atomic E-state index is 0.521. The molecule has 0 unspecified atom stereocenters. The Kier molecular flexibility index (Phi) is 1.71. The van der Waals surface area contributed by atoms with Crippen molar-refractivity contribution in [3.8, 4) is 0 Å². The Labute approximate surface area is 44.3 Å². The number of nitro groups is 1. The van der Waals surface area contributed by atoms with Crippen LogP contribution in [0.1, 0.15) is 0 Å². The highest BCUT2D eigenvalue weighted by Gasteiger charge is 2.10. The van der Waals surface area contributed by atoms with Gasteiger partial charge in [0.15, 0.2) is 5.03 Å². The summed E-state index contributed by atoms with van der Waals surface area (Å²) in [5.74, 6) is 0. The minimum atomic E-state index is -4.92. The van der Waals surface area contributed by atoms with Gasteiger partial charge in [-0.25, -0.2) is 10.1 Å². The van der Waals surface area contributed by atoms with Crippen LogP contribution >= 0.6 is 0 Å². The van der Waals surface area contributed by atoms with E-state index in [0.717, 1.165) is 0 Å². The van der Waals surface area contributed by atoms with E-state index in [0.29, 0.717) is 4.83 Å². The van der Waals surface area contributed by atoms with Gasteiger partial charge in [-0.15, -0.1) is 0 Å². The molecule has 0 fully saturated rings. The Hall–Kier alpha value is -0.890. The summed E-state index contributed by atoms with van der Waals surface area (Å²) in [4.78, 5) is 9.65. The third kappa shape index (κ3) is 5.11. The highest BCUT2D eigenvalue weighted by molar-refractivity contribution is 7.83. The number of hydrazine groups is 1. The first-order valence-corrected chi connectivity index (χ1v) is 2.70. The molecular formula is HN2O5S.